The highest BCUT2D eigenvalue weighted by Gasteiger charge is 2.31. The van der Waals surface area contributed by atoms with Gasteiger partial charge in [-0.15, -0.1) is 0 Å². The highest BCUT2D eigenvalue weighted by molar-refractivity contribution is 5.97. The Morgan fingerprint density at radius 2 is 1.84 bits per heavy atom. The molecule has 0 bridgehead atoms. The number of alkyl halides is 3. The number of hydrogen-bond acceptors (Lipinski definition) is 3. The molecule has 0 atom stereocenters. The standard InChI is InChI=1S/C20H17N3O.C3H3F3O/c24-20-17-13-19(23-18(17)9-11-22-20)15-8-10-21-16(12-15)7-6-14-4-2-1-3-5-14;1-2(7)3(4,5)6/h1-8,10,12-13,23H,9,11H2,(H,22,24);7H,1H2/b7-6+;. The number of aliphatic hydroxyl groups is 1. The molecule has 1 amide bonds. The zero-order chi connectivity index (χ0) is 22.4. The van der Waals surface area contributed by atoms with Gasteiger partial charge in [-0.05, 0) is 29.8 Å². The van der Waals surface area contributed by atoms with Gasteiger partial charge in [0.1, 0.15) is 0 Å². The first-order valence-corrected chi connectivity index (χ1v) is 9.39. The van der Waals surface area contributed by atoms with Crippen LogP contribution in [0.15, 0.2) is 67.1 Å². The molecular formula is C23H20F3N3O2. The molecule has 1 aliphatic heterocycles. The van der Waals surface area contributed by atoms with Gasteiger partial charge in [-0.2, -0.15) is 13.2 Å². The molecule has 1 aromatic carbocycles. The number of nitrogens with zero attached hydrogens (tertiary/aromatic N) is 1. The van der Waals surface area contributed by atoms with E-state index in [4.69, 9.17) is 5.11 Å². The Morgan fingerprint density at radius 1 is 1.13 bits per heavy atom. The summed E-state index contributed by atoms with van der Waals surface area (Å²) in [5.74, 6) is -1.76. The van der Waals surface area contributed by atoms with Crippen LogP contribution >= 0.6 is 0 Å². The van der Waals surface area contributed by atoms with Crippen molar-refractivity contribution in [3.8, 4) is 11.3 Å². The fourth-order valence-corrected chi connectivity index (χ4v) is 2.90. The van der Waals surface area contributed by atoms with Crippen LogP contribution in [0.5, 0.6) is 0 Å². The Balaban J connectivity index is 0.000000339. The summed E-state index contributed by atoms with van der Waals surface area (Å²) in [5.41, 5.74) is 5.75. The van der Waals surface area contributed by atoms with Gasteiger partial charge in [0.15, 0.2) is 5.76 Å². The number of aromatic nitrogens is 2. The molecule has 0 saturated carbocycles. The number of fused-ring (bicyclic) bond motifs is 1. The van der Waals surface area contributed by atoms with Crippen molar-refractivity contribution in [1.29, 1.82) is 0 Å². The number of hydrogen-bond donors (Lipinski definition) is 3. The van der Waals surface area contributed by atoms with E-state index in [0.717, 1.165) is 40.2 Å². The largest absolute Gasteiger partial charge is 0.505 e. The van der Waals surface area contributed by atoms with Gasteiger partial charge >= 0.3 is 6.18 Å². The first-order chi connectivity index (χ1) is 14.7. The lowest BCUT2D eigenvalue weighted by Crippen LogP contribution is -2.31. The molecule has 4 rings (SSSR count). The molecule has 8 heteroatoms. The smallest absolute Gasteiger partial charge is 0.448 e. The van der Waals surface area contributed by atoms with Crippen LogP contribution < -0.4 is 5.32 Å². The second-order valence-corrected chi connectivity index (χ2v) is 6.74. The monoisotopic (exact) mass is 427 g/mol. The molecule has 0 fully saturated rings. The number of halogens is 3. The summed E-state index contributed by atoms with van der Waals surface area (Å²) >= 11 is 0. The fourth-order valence-electron chi connectivity index (χ4n) is 2.90. The van der Waals surface area contributed by atoms with Crippen LogP contribution in [0.25, 0.3) is 23.4 Å². The van der Waals surface area contributed by atoms with Gasteiger partial charge in [-0.1, -0.05) is 43.0 Å². The van der Waals surface area contributed by atoms with Crippen LogP contribution in [0, 0.1) is 0 Å². The van der Waals surface area contributed by atoms with Crippen LogP contribution in [0.1, 0.15) is 27.3 Å². The molecule has 3 N–H and O–H groups in total. The van der Waals surface area contributed by atoms with E-state index in [1.807, 2.05) is 48.6 Å². The first-order valence-electron chi connectivity index (χ1n) is 9.39. The highest BCUT2D eigenvalue weighted by Crippen LogP contribution is 2.24. The average Bonchev–Trinajstić information content (AvgIpc) is 3.19. The lowest BCUT2D eigenvalue weighted by molar-refractivity contribution is -0.119. The Bertz CT molecular complexity index is 1100. The van der Waals surface area contributed by atoms with Crippen LogP contribution in [0.4, 0.5) is 13.2 Å². The highest BCUT2D eigenvalue weighted by atomic mass is 19.4. The first kappa shape index (κ1) is 21.9. The van der Waals surface area contributed by atoms with Gasteiger partial charge in [0.05, 0.1) is 11.3 Å². The number of rotatable bonds is 3. The zero-order valence-electron chi connectivity index (χ0n) is 16.4. The number of benzene rings is 1. The zero-order valence-corrected chi connectivity index (χ0v) is 16.4. The predicted octanol–water partition coefficient (Wildman–Crippen LogP) is 5.15. The third-order valence-corrected chi connectivity index (χ3v) is 4.47. The van der Waals surface area contributed by atoms with Crippen molar-refractivity contribution in [2.75, 3.05) is 6.54 Å². The summed E-state index contributed by atoms with van der Waals surface area (Å²) in [4.78, 5) is 19.7. The van der Waals surface area contributed by atoms with Crippen molar-refractivity contribution < 1.29 is 23.1 Å². The van der Waals surface area contributed by atoms with Gasteiger partial charge in [-0.25, -0.2) is 0 Å². The molecule has 160 valence electrons. The predicted molar refractivity (Wildman–Crippen MR) is 113 cm³/mol. The minimum absolute atomic E-state index is 0.00277. The van der Waals surface area contributed by atoms with E-state index in [2.05, 4.69) is 34.0 Å². The maximum atomic E-state index is 11.9. The van der Waals surface area contributed by atoms with E-state index in [-0.39, 0.29) is 5.91 Å². The fraction of sp³-hybridized carbons (Fsp3) is 0.130. The molecular weight excluding hydrogens is 407 g/mol. The summed E-state index contributed by atoms with van der Waals surface area (Å²) in [6, 6.07) is 16.0. The SMILES string of the molecule is C=C(O)C(F)(F)F.O=C1NCCc2[nH]c(-c3ccnc(/C=C/c4ccccc4)c3)cc21. The second kappa shape index (κ2) is 9.34. The van der Waals surface area contributed by atoms with E-state index in [9.17, 15) is 18.0 Å². The normalized spacial score (nSPS) is 13.2. The number of nitrogens with one attached hydrogen (secondary N) is 2. The molecule has 0 unspecified atom stereocenters. The molecule has 0 radical (unpaired) electrons. The second-order valence-electron chi connectivity index (χ2n) is 6.74. The van der Waals surface area contributed by atoms with Crippen molar-refractivity contribution in [1.82, 2.24) is 15.3 Å². The van der Waals surface area contributed by atoms with Crippen LogP contribution in [0.3, 0.4) is 0 Å². The summed E-state index contributed by atoms with van der Waals surface area (Å²) in [7, 11) is 0. The molecule has 3 aromatic rings. The number of pyridine rings is 1. The van der Waals surface area contributed by atoms with Gasteiger partial charge < -0.3 is 15.4 Å². The number of aliphatic hydroxyl groups excluding tert-OH is 1. The van der Waals surface area contributed by atoms with Gasteiger partial charge in [0, 0.05) is 36.1 Å². The maximum absolute atomic E-state index is 11.9. The van der Waals surface area contributed by atoms with Crippen molar-refractivity contribution in [2.24, 2.45) is 0 Å². The lowest BCUT2D eigenvalue weighted by Gasteiger charge is -2.10. The van der Waals surface area contributed by atoms with Crippen molar-refractivity contribution in [2.45, 2.75) is 12.6 Å². The molecule has 5 nitrogen and oxygen atoms in total. The molecule has 31 heavy (non-hydrogen) atoms. The molecule has 3 heterocycles. The van der Waals surface area contributed by atoms with Gasteiger partial charge in [0.2, 0.25) is 0 Å². The van der Waals surface area contributed by atoms with Gasteiger partial charge in [0.25, 0.3) is 5.91 Å². The lowest BCUT2D eigenvalue weighted by atomic mass is 10.1. The molecule has 0 aliphatic carbocycles. The quantitative estimate of drug-likeness (QED) is 0.506. The van der Waals surface area contributed by atoms with E-state index < -0.39 is 11.9 Å². The van der Waals surface area contributed by atoms with Crippen molar-refractivity contribution >= 4 is 18.1 Å². The van der Waals surface area contributed by atoms with E-state index in [0.29, 0.717) is 6.54 Å². The van der Waals surface area contributed by atoms with Crippen LogP contribution in [0.2, 0.25) is 0 Å². The Kier molecular flexibility index (Phi) is 6.59. The number of carbonyl (C=O) groups is 1. The summed E-state index contributed by atoms with van der Waals surface area (Å²) in [5, 5.41) is 10.4. The van der Waals surface area contributed by atoms with Crippen LogP contribution in [-0.2, 0) is 6.42 Å². The van der Waals surface area contributed by atoms with Crippen LogP contribution in [-0.4, -0.2) is 33.7 Å². The Morgan fingerprint density at radius 3 is 2.48 bits per heavy atom. The topological polar surface area (TPSA) is 78.0 Å². The van der Waals surface area contributed by atoms with E-state index in [1.54, 1.807) is 6.20 Å². The number of aromatic amines is 1. The molecule has 2 aromatic heterocycles. The van der Waals surface area contributed by atoms with E-state index in [1.165, 1.54) is 0 Å². The summed E-state index contributed by atoms with van der Waals surface area (Å²) in [6.07, 6.45) is 2.03. The van der Waals surface area contributed by atoms with Gasteiger partial charge in [-0.3, -0.25) is 9.78 Å². The maximum Gasteiger partial charge on any atom is 0.448 e. The number of allylic oxidation sites excluding steroid dienone is 1. The molecule has 0 saturated heterocycles. The number of amides is 1. The van der Waals surface area contributed by atoms with E-state index >= 15 is 0 Å². The minimum Gasteiger partial charge on any atom is -0.505 e. The molecule has 1 aliphatic rings. The Labute approximate surface area is 177 Å². The average molecular weight is 427 g/mol. The van der Waals surface area contributed by atoms with Crippen molar-refractivity contribution in [3.63, 3.8) is 0 Å². The third-order valence-electron chi connectivity index (χ3n) is 4.47. The number of H-pyrrole nitrogens is 1. The molecule has 0 spiro atoms. The Hall–Kier alpha value is -3.81. The minimum atomic E-state index is -4.64. The third kappa shape index (κ3) is 5.85. The summed E-state index contributed by atoms with van der Waals surface area (Å²) < 4.78 is 32.5. The summed E-state index contributed by atoms with van der Waals surface area (Å²) in [6.45, 7) is 2.94. The van der Waals surface area contributed by atoms with Crippen molar-refractivity contribution in [3.05, 3.63) is 89.6 Å². The number of carbonyl (C=O) groups excluding carboxylic acids is 1.